The van der Waals surface area contributed by atoms with Crippen molar-refractivity contribution < 1.29 is 19.0 Å². The lowest BCUT2D eigenvalue weighted by Crippen LogP contribution is -2.47. The van der Waals surface area contributed by atoms with Crippen molar-refractivity contribution in [1.82, 2.24) is 5.32 Å². The molecule has 1 rings (SSSR count). The molecule has 0 aromatic heterocycles. The largest absolute Gasteiger partial charge is 0.462 e. The third kappa shape index (κ3) is 5.44. The normalized spacial score (nSPS) is 21.8. The molecule has 0 aromatic carbocycles. The SMILES string of the molecule is CC(C)(C)OCCOC(=O)C1COCCN1. The van der Waals surface area contributed by atoms with Gasteiger partial charge in [0.25, 0.3) is 0 Å². The molecule has 0 radical (unpaired) electrons. The predicted octanol–water partition coefficient (Wildman–Crippen LogP) is 0.333. The van der Waals surface area contributed by atoms with E-state index >= 15 is 0 Å². The summed E-state index contributed by atoms with van der Waals surface area (Å²) in [5, 5.41) is 3.04. The van der Waals surface area contributed by atoms with Crippen molar-refractivity contribution in [3.05, 3.63) is 0 Å². The predicted molar refractivity (Wildman–Crippen MR) is 59.3 cm³/mol. The Kier molecular flexibility index (Phi) is 5.18. The molecule has 1 saturated heterocycles. The van der Waals surface area contributed by atoms with Crippen LogP contribution in [0.2, 0.25) is 0 Å². The number of nitrogens with one attached hydrogen (secondary N) is 1. The number of rotatable bonds is 4. The Morgan fingerprint density at radius 2 is 2.19 bits per heavy atom. The summed E-state index contributed by atoms with van der Waals surface area (Å²) in [6.07, 6.45) is 0. The molecule has 0 aromatic rings. The topological polar surface area (TPSA) is 56.8 Å². The van der Waals surface area contributed by atoms with E-state index in [2.05, 4.69) is 5.32 Å². The van der Waals surface area contributed by atoms with Gasteiger partial charge in [0.2, 0.25) is 0 Å². The molecule has 0 aliphatic carbocycles. The molecule has 5 nitrogen and oxygen atoms in total. The summed E-state index contributed by atoms with van der Waals surface area (Å²) >= 11 is 0. The first-order valence-corrected chi connectivity index (χ1v) is 5.61. The van der Waals surface area contributed by atoms with E-state index in [1.165, 1.54) is 0 Å². The van der Waals surface area contributed by atoms with E-state index in [0.29, 0.717) is 26.4 Å². The van der Waals surface area contributed by atoms with Crippen molar-refractivity contribution in [1.29, 1.82) is 0 Å². The zero-order valence-electron chi connectivity index (χ0n) is 10.2. The van der Waals surface area contributed by atoms with Gasteiger partial charge in [-0.25, -0.2) is 0 Å². The molecular formula is C11H21NO4. The molecule has 1 unspecified atom stereocenters. The minimum atomic E-state index is -0.330. The second kappa shape index (κ2) is 6.18. The summed E-state index contributed by atoms with van der Waals surface area (Å²) in [4.78, 5) is 11.5. The number of morpholine rings is 1. The highest BCUT2D eigenvalue weighted by Crippen LogP contribution is 2.05. The maximum absolute atomic E-state index is 11.5. The fourth-order valence-electron chi connectivity index (χ4n) is 1.31. The number of ether oxygens (including phenoxy) is 3. The lowest BCUT2D eigenvalue weighted by Gasteiger charge is -2.23. The van der Waals surface area contributed by atoms with Crippen molar-refractivity contribution in [2.75, 3.05) is 33.0 Å². The van der Waals surface area contributed by atoms with Crippen LogP contribution in [-0.2, 0) is 19.0 Å². The zero-order chi connectivity index (χ0) is 12.0. The molecule has 1 N–H and O–H groups in total. The van der Waals surface area contributed by atoms with Crippen LogP contribution in [0.15, 0.2) is 0 Å². The third-order valence-electron chi connectivity index (χ3n) is 2.07. The van der Waals surface area contributed by atoms with Crippen LogP contribution in [0.3, 0.4) is 0 Å². The van der Waals surface area contributed by atoms with Gasteiger partial charge in [0.1, 0.15) is 12.6 Å². The number of esters is 1. The van der Waals surface area contributed by atoms with Gasteiger partial charge in [-0.2, -0.15) is 0 Å². The quantitative estimate of drug-likeness (QED) is 0.558. The summed E-state index contributed by atoms with van der Waals surface area (Å²) in [5.74, 6) is -0.266. The van der Waals surface area contributed by atoms with Crippen LogP contribution < -0.4 is 5.32 Å². The number of hydrogen-bond acceptors (Lipinski definition) is 5. The van der Waals surface area contributed by atoms with E-state index in [1.807, 2.05) is 20.8 Å². The van der Waals surface area contributed by atoms with Crippen LogP contribution in [-0.4, -0.2) is 50.6 Å². The summed E-state index contributed by atoms with van der Waals surface area (Å²) < 4.78 is 15.7. The monoisotopic (exact) mass is 231 g/mol. The van der Waals surface area contributed by atoms with Crippen molar-refractivity contribution in [3.8, 4) is 0 Å². The van der Waals surface area contributed by atoms with Crippen LogP contribution >= 0.6 is 0 Å². The van der Waals surface area contributed by atoms with Gasteiger partial charge in [0.05, 0.1) is 25.4 Å². The number of hydrogen-bond donors (Lipinski definition) is 1. The standard InChI is InChI=1S/C11H21NO4/c1-11(2,3)16-7-6-15-10(13)9-8-14-5-4-12-9/h9,12H,4-8H2,1-3H3. The molecule has 1 heterocycles. The lowest BCUT2D eigenvalue weighted by molar-refractivity contribution is -0.152. The molecule has 0 amide bonds. The Hall–Kier alpha value is -0.650. The smallest absolute Gasteiger partial charge is 0.325 e. The van der Waals surface area contributed by atoms with Crippen LogP contribution in [0.1, 0.15) is 20.8 Å². The molecule has 0 bridgehead atoms. The third-order valence-corrected chi connectivity index (χ3v) is 2.07. The van der Waals surface area contributed by atoms with Crippen molar-refractivity contribution in [2.24, 2.45) is 0 Å². The maximum atomic E-state index is 11.5. The van der Waals surface area contributed by atoms with Crippen molar-refractivity contribution in [2.45, 2.75) is 32.4 Å². The highest BCUT2D eigenvalue weighted by Gasteiger charge is 2.22. The van der Waals surface area contributed by atoms with Gasteiger partial charge < -0.3 is 19.5 Å². The molecule has 0 spiro atoms. The van der Waals surface area contributed by atoms with E-state index in [4.69, 9.17) is 14.2 Å². The summed E-state index contributed by atoms with van der Waals surface area (Å²) in [6, 6.07) is -0.330. The Labute approximate surface area is 96.4 Å². The van der Waals surface area contributed by atoms with E-state index in [1.54, 1.807) is 0 Å². The van der Waals surface area contributed by atoms with Gasteiger partial charge >= 0.3 is 5.97 Å². The fraction of sp³-hybridized carbons (Fsp3) is 0.909. The molecule has 1 atom stereocenters. The first-order valence-electron chi connectivity index (χ1n) is 5.61. The highest BCUT2D eigenvalue weighted by molar-refractivity contribution is 5.76. The molecule has 5 heteroatoms. The minimum Gasteiger partial charge on any atom is -0.462 e. The van der Waals surface area contributed by atoms with Gasteiger partial charge in [-0.15, -0.1) is 0 Å². The van der Waals surface area contributed by atoms with Crippen LogP contribution in [0.4, 0.5) is 0 Å². The number of carbonyl (C=O) groups is 1. The summed E-state index contributed by atoms with van der Waals surface area (Å²) in [6.45, 7) is 8.33. The average molecular weight is 231 g/mol. The first kappa shape index (κ1) is 13.4. The average Bonchev–Trinajstić information content (AvgIpc) is 2.24. The highest BCUT2D eigenvalue weighted by atomic mass is 16.6. The Balaban J connectivity index is 2.10. The molecule has 1 aliphatic rings. The van der Waals surface area contributed by atoms with Crippen molar-refractivity contribution in [3.63, 3.8) is 0 Å². The lowest BCUT2D eigenvalue weighted by atomic mass is 10.2. The zero-order valence-corrected chi connectivity index (χ0v) is 10.2. The number of carbonyl (C=O) groups excluding carboxylic acids is 1. The van der Waals surface area contributed by atoms with Gasteiger partial charge in [-0.3, -0.25) is 4.79 Å². The van der Waals surface area contributed by atoms with Crippen LogP contribution in [0.5, 0.6) is 0 Å². The van der Waals surface area contributed by atoms with Gasteiger partial charge in [-0.1, -0.05) is 0 Å². The van der Waals surface area contributed by atoms with E-state index < -0.39 is 0 Å². The Morgan fingerprint density at radius 3 is 2.75 bits per heavy atom. The van der Waals surface area contributed by atoms with Crippen LogP contribution in [0.25, 0.3) is 0 Å². The van der Waals surface area contributed by atoms with E-state index in [0.717, 1.165) is 0 Å². The maximum Gasteiger partial charge on any atom is 0.325 e. The van der Waals surface area contributed by atoms with Gasteiger partial charge in [-0.05, 0) is 20.8 Å². The fourth-order valence-corrected chi connectivity index (χ4v) is 1.31. The summed E-state index contributed by atoms with van der Waals surface area (Å²) in [5.41, 5.74) is -0.196. The summed E-state index contributed by atoms with van der Waals surface area (Å²) in [7, 11) is 0. The Morgan fingerprint density at radius 1 is 1.44 bits per heavy atom. The molecule has 16 heavy (non-hydrogen) atoms. The molecule has 1 aliphatic heterocycles. The first-order chi connectivity index (χ1) is 7.49. The van der Waals surface area contributed by atoms with Gasteiger partial charge in [0.15, 0.2) is 0 Å². The second-order valence-corrected chi connectivity index (χ2v) is 4.71. The molecular weight excluding hydrogens is 210 g/mol. The molecule has 1 fully saturated rings. The Bertz CT molecular complexity index is 219. The van der Waals surface area contributed by atoms with Crippen molar-refractivity contribution >= 4 is 5.97 Å². The van der Waals surface area contributed by atoms with Crippen LogP contribution in [0, 0.1) is 0 Å². The minimum absolute atomic E-state index is 0.196. The van der Waals surface area contributed by atoms with Gasteiger partial charge in [0, 0.05) is 6.54 Å². The van der Waals surface area contributed by atoms with E-state index in [9.17, 15) is 4.79 Å². The molecule has 0 saturated carbocycles. The van der Waals surface area contributed by atoms with E-state index in [-0.39, 0.29) is 24.2 Å². The second-order valence-electron chi connectivity index (χ2n) is 4.71. The molecule has 94 valence electrons.